The second-order valence-corrected chi connectivity index (χ2v) is 5.84. The van der Waals surface area contributed by atoms with E-state index in [0.29, 0.717) is 48.7 Å². The summed E-state index contributed by atoms with van der Waals surface area (Å²) in [6.45, 7) is 5.35. The van der Waals surface area contributed by atoms with Gasteiger partial charge in [0.25, 0.3) is 5.91 Å². The van der Waals surface area contributed by atoms with Gasteiger partial charge in [-0.15, -0.1) is 0 Å². The van der Waals surface area contributed by atoms with Gasteiger partial charge in [-0.25, -0.2) is 0 Å². The molecule has 5 nitrogen and oxygen atoms in total. The number of nitrogens with two attached hydrogens (primary N) is 1. The van der Waals surface area contributed by atoms with E-state index in [1.54, 1.807) is 0 Å². The number of para-hydroxylation sites is 1. The van der Waals surface area contributed by atoms with E-state index in [4.69, 9.17) is 15.2 Å². The van der Waals surface area contributed by atoms with Crippen LogP contribution in [0.4, 0.5) is 0 Å². The molecular formula is C16H22N2O3. The summed E-state index contributed by atoms with van der Waals surface area (Å²) in [5, 5.41) is 0. The van der Waals surface area contributed by atoms with Gasteiger partial charge in [0.15, 0.2) is 11.5 Å². The molecule has 0 spiro atoms. The maximum atomic E-state index is 12.8. The fraction of sp³-hybridized carbons (Fsp3) is 0.562. The Balaban J connectivity index is 1.82. The van der Waals surface area contributed by atoms with Gasteiger partial charge in [-0.05, 0) is 36.9 Å². The molecule has 2 aliphatic heterocycles. The van der Waals surface area contributed by atoms with Crippen LogP contribution in [0.2, 0.25) is 0 Å². The summed E-state index contributed by atoms with van der Waals surface area (Å²) in [5.41, 5.74) is 6.42. The maximum absolute atomic E-state index is 12.8. The number of rotatable bonds is 2. The number of fused-ring (bicyclic) bond motifs is 1. The maximum Gasteiger partial charge on any atom is 0.257 e. The first-order valence-electron chi connectivity index (χ1n) is 7.58. The van der Waals surface area contributed by atoms with Crippen LogP contribution in [0.1, 0.15) is 23.7 Å². The van der Waals surface area contributed by atoms with Crippen molar-refractivity contribution in [3.63, 3.8) is 0 Å². The molecule has 2 unspecified atom stereocenters. The number of ether oxygens (including phenoxy) is 2. The van der Waals surface area contributed by atoms with Crippen LogP contribution in [0.25, 0.3) is 0 Å². The predicted molar refractivity (Wildman–Crippen MR) is 79.7 cm³/mol. The Kier molecular flexibility index (Phi) is 4.01. The molecule has 0 aliphatic carbocycles. The highest BCUT2D eigenvalue weighted by Crippen LogP contribution is 2.35. The third kappa shape index (κ3) is 2.70. The molecule has 1 amide bonds. The Morgan fingerprint density at radius 3 is 3.00 bits per heavy atom. The smallest absolute Gasteiger partial charge is 0.257 e. The molecule has 0 aromatic heterocycles. The average molecular weight is 290 g/mol. The summed E-state index contributed by atoms with van der Waals surface area (Å²) in [5.74, 6) is 2.20. The second kappa shape index (κ2) is 5.93. The zero-order valence-electron chi connectivity index (χ0n) is 12.4. The number of piperidine rings is 1. The van der Waals surface area contributed by atoms with E-state index in [1.807, 2.05) is 23.1 Å². The van der Waals surface area contributed by atoms with Crippen LogP contribution < -0.4 is 15.2 Å². The minimum Gasteiger partial charge on any atom is -0.486 e. The fourth-order valence-corrected chi connectivity index (χ4v) is 3.05. The highest BCUT2D eigenvalue weighted by molar-refractivity contribution is 5.98. The Morgan fingerprint density at radius 2 is 2.19 bits per heavy atom. The molecule has 21 heavy (non-hydrogen) atoms. The third-order valence-electron chi connectivity index (χ3n) is 4.50. The van der Waals surface area contributed by atoms with Crippen molar-refractivity contribution in [1.82, 2.24) is 4.90 Å². The lowest BCUT2D eigenvalue weighted by molar-refractivity contribution is 0.0609. The number of hydrogen-bond acceptors (Lipinski definition) is 4. The van der Waals surface area contributed by atoms with Crippen molar-refractivity contribution in [2.75, 3.05) is 32.8 Å². The highest BCUT2D eigenvalue weighted by atomic mass is 16.6. The van der Waals surface area contributed by atoms with Crippen LogP contribution in [0.3, 0.4) is 0 Å². The minimum atomic E-state index is 0.0164. The first kappa shape index (κ1) is 14.2. The van der Waals surface area contributed by atoms with Crippen molar-refractivity contribution in [2.45, 2.75) is 13.3 Å². The van der Waals surface area contributed by atoms with E-state index in [0.717, 1.165) is 19.5 Å². The minimum absolute atomic E-state index is 0.0164. The van der Waals surface area contributed by atoms with E-state index in [1.165, 1.54) is 0 Å². The first-order chi connectivity index (χ1) is 10.2. The normalized spacial score (nSPS) is 24.8. The molecule has 0 radical (unpaired) electrons. The van der Waals surface area contributed by atoms with Gasteiger partial charge in [0, 0.05) is 13.1 Å². The molecule has 2 N–H and O–H groups in total. The van der Waals surface area contributed by atoms with Gasteiger partial charge in [-0.1, -0.05) is 13.0 Å². The van der Waals surface area contributed by atoms with E-state index in [2.05, 4.69) is 6.92 Å². The molecule has 2 atom stereocenters. The highest BCUT2D eigenvalue weighted by Gasteiger charge is 2.30. The van der Waals surface area contributed by atoms with Gasteiger partial charge in [0.2, 0.25) is 0 Å². The molecule has 0 bridgehead atoms. The molecule has 2 aliphatic rings. The summed E-state index contributed by atoms with van der Waals surface area (Å²) in [6, 6.07) is 5.49. The Bertz CT molecular complexity index is 532. The number of amides is 1. The van der Waals surface area contributed by atoms with E-state index >= 15 is 0 Å². The lowest BCUT2D eigenvalue weighted by Crippen LogP contribution is -2.45. The van der Waals surface area contributed by atoms with Gasteiger partial charge >= 0.3 is 0 Å². The number of carbonyl (C=O) groups is 1. The predicted octanol–water partition coefficient (Wildman–Crippen LogP) is 1.51. The monoisotopic (exact) mass is 290 g/mol. The van der Waals surface area contributed by atoms with Gasteiger partial charge in [0.05, 0.1) is 5.56 Å². The molecule has 3 rings (SSSR count). The quantitative estimate of drug-likeness (QED) is 0.897. The Labute approximate surface area is 125 Å². The molecule has 1 fully saturated rings. The summed E-state index contributed by atoms with van der Waals surface area (Å²) < 4.78 is 11.2. The second-order valence-electron chi connectivity index (χ2n) is 5.84. The zero-order chi connectivity index (χ0) is 14.8. The first-order valence-corrected chi connectivity index (χ1v) is 7.58. The molecule has 2 heterocycles. The standard InChI is InChI=1S/C16H22N2O3/c1-11-5-6-18(10-12(11)9-17)16(19)13-3-2-4-14-15(13)21-8-7-20-14/h2-4,11-12H,5-10,17H2,1H3. The van der Waals surface area contributed by atoms with Crippen molar-refractivity contribution in [2.24, 2.45) is 17.6 Å². The summed E-state index contributed by atoms with van der Waals surface area (Å²) in [6.07, 6.45) is 1.000. The van der Waals surface area contributed by atoms with Crippen molar-refractivity contribution in [3.05, 3.63) is 23.8 Å². The molecule has 1 aromatic rings. The molecule has 114 valence electrons. The van der Waals surface area contributed by atoms with Crippen LogP contribution >= 0.6 is 0 Å². The van der Waals surface area contributed by atoms with Crippen LogP contribution in [-0.4, -0.2) is 43.7 Å². The molecular weight excluding hydrogens is 268 g/mol. The summed E-state index contributed by atoms with van der Waals surface area (Å²) >= 11 is 0. The molecule has 5 heteroatoms. The van der Waals surface area contributed by atoms with Crippen LogP contribution in [0.15, 0.2) is 18.2 Å². The Hall–Kier alpha value is -1.75. The van der Waals surface area contributed by atoms with Crippen LogP contribution in [0, 0.1) is 11.8 Å². The SMILES string of the molecule is CC1CCN(C(=O)c2cccc3c2OCCO3)CC1CN. The topological polar surface area (TPSA) is 64.8 Å². The lowest BCUT2D eigenvalue weighted by Gasteiger charge is -2.37. The van der Waals surface area contributed by atoms with Crippen LogP contribution in [-0.2, 0) is 0 Å². The van der Waals surface area contributed by atoms with Crippen LogP contribution in [0.5, 0.6) is 11.5 Å². The number of carbonyl (C=O) groups excluding carboxylic acids is 1. The number of hydrogen-bond donors (Lipinski definition) is 1. The van der Waals surface area contributed by atoms with E-state index in [-0.39, 0.29) is 5.91 Å². The van der Waals surface area contributed by atoms with Crippen molar-refractivity contribution in [3.8, 4) is 11.5 Å². The summed E-state index contributed by atoms with van der Waals surface area (Å²) in [7, 11) is 0. The lowest BCUT2D eigenvalue weighted by atomic mass is 9.87. The summed E-state index contributed by atoms with van der Waals surface area (Å²) in [4.78, 5) is 14.7. The van der Waals surface area contributed by atoms with E-state index < -0.39 is 0 Å². The molecule has 1 saturated heterocycles. The zero-order valence-corrected chi connectivity index (χ0v) is 12.4. The average Bonchev–Trinajstić information content (AvgIpc) is 2.54. The van der Waals surface area contributed by atoms with Crippen molar-refractivity contribution >= 4 is 5.91 Å². The van der Waals surface area contributed by atoms with Crippen molar-refractivity contribution in [1.29, 1.82) is 0 Å². The van der Waals surface area contributed by atoms with Gasteiger partial charge in [-0.2, -0.15) is 0 Å². The fourth-order valence-electron chi connectivity index (χ4n) is 3.05. The van der Waals surface area contributed by atoms with Gasteiger partial charge < -0.3 is 20.1 Å². The van der Waals surface area contributed by atoms with Gasteiger partial charge in [0.1, 0.15) is 13.2 Å². The number of likely N-dealkylation sites (tertiary alicyclic amines) is 1. The van der Waals surface area contributed by atoms with E-state index in [9.17, 15) is 4.79 Å². The number of benzene rings is 1. The number of nitrogens with zero attached hydrogens (tertiary/aromatic N) is 1. The van der Waals surface area contributed by atoms with Crippen molar-refractivity contribution < 1.29 is 14.3 Å². The largest absolute Gasteiger partial charge is 0.486 e. The third-order valence-corrected chi connectivity index (χ3v) is 4.50. The molecule has 1 aromatic carbocycles. The van der Waals surface area contributed by atoms with Gasteiger partial charge in [-0.3, -0.25) is 4.79 Å². The molecule has 0 saturated carbocycles. The Morgan fingerprint density at radius 1 is 1.38 bits per heavy atom.